The molecule has 82 valence electrons. The van der Waals surface area contributed by atoms with Crippen LogP contribution < -0.4 is 0 Å². The van der Waals surface area contributed by atoms with Gasteiger partial charge >= 0.3 is 5.97 Å². The number of aromatic carboxylic acids is 1. The van der Waals surface area contributed by atoms with E-state index in [2.05, 4.69) is 0 Å². The number of nitrogens with zero attached hydrogens (tertiary/aromatic N) is 1. The molecule has 0 saturated carbocycles. The Morgan fingerprint density at radius 2 is 1.73 bits per heavy atom. The van der Waals surface area contributed by atoms with Crippen LogP contribution in [0.25, 0.3) is 0 Å². The van der Waals surface area contributed by atoms with Crippen molar-refractivity contribution in [1.29, 1.82) is 0 Å². The summed E-state index contributed by atoms with van der Waals surface area (Å²) in [5.41, 5.74) is -0.0189. The van der Waals surface area contributed by atoms with E-state index in [0.29, 0.717) is 0 Å². The maximum absolute atomic E-state index is 11.3. The highest BCUT2D eigenvalue weighted by Gasteiger charge is 2.18. The minimum Gasteiger partial charge on any atom is -0.478 e. The molecule has 0 radical (unpaired) electrons. The fourth-order valence-corrected chi connectivity index (χ4v) is 1.71. The second-order valence-electron chi connectivity index (χ2n) is 2.77. The van der Waals surface area contributed by atoms with Gasteiger partial charge in [-0.05, 0) is 24.3 Å². The standard InChI is InChI=1S/C8H9NO5S/c1-9(12)15(13,14)7-4-2-6(3-5-7)8(10)11/h2-5,12H,1H3,(H,10,11). The van der Waals surface area contributed by atoms with Crippen LogP contribution in [0.3, 0.4) is 0 Å². The minimum atomic E-state index is -3.92. The summed E-state index contributed by atoms with van der Waals surface area (Å²) in [6, 6.07) is 4.54. The third-order valence-electron chi connectivity index (χ3n) is 1.75. The molecule has 0 aromatic heterocycles. The molecule has 0 saturated heterocycles. The monoisotopic (exact) mass is 231 g/mol. The van der Waals surface area contributed by atoms with Gasteiger partial charge in [-0.25, -0.2) is 13.2 Å². The molecule has 1 rings (SSSR count). The third kappa shape index (κ3) is 2.32. The first-order valence-corrected chi connectivity index (χ1v) is 5.31. The lowest BCUT2D eigenvalue weighted by molar-refractivity contribution is 0.0310. The first-order chi connectivity index (χ1) is 6.85. The molecule has 0 atom stereocenters. The summed E-state index contributed by atoms with van der Waals surface area (Å²) in [5.74, 6) is -1.14. The molecule has 0 unspecified atom stereocenters. The molecule has 0 aliphatic heterocycles. The molecule has 0 aliphatic rings. The lowest BCUT2D eigenvalue weighted by Gasteiger charge is -2.09. The van der Waals surface area contributed by atoms with Crippen LogP contribution in [-0.4, -0.2) is 36.2 Å². The molecule has 0 fully saturated rings. The second kappa shape index (κ2) is 3.97. The number of carboxylic acid groups (broad SMARTS) is 1. The first-order valence-electron chi connectivity index (χ1n) is 3.87. The van der Waals surface area contributed by atoms with Crippen molar-refractivity contribution in [3.63, 3.8) is 0 Å². The van der Waals surface area contributed by atoms with Gasteiger partial charge in [0.05, 0.1) is 10.5 Å². The van der Waals surface area contributed by atoms with Crippen LogP contribution in [0.15, 0.2) is 29.2 Å². The van der Waals surface area contributed by atoms with Gasteiger partial charge in [-0.2, -0.15) is 0 Å². The number of hydrogen-bond donors (Lipinski definition) is 2. The number of hydroxylamine groups is 1. The van der Waals surface area contributed by atoms with Gasteiger partial charge in [0.15, 0.2) is 0 Å². The maximum Gasteiger partial charge on any atom is 0.335 e. The number of hydrogen-bond acceptors (Lipinski definition) is 4. The van der Waals surface area contributed by atoms with E-state index in [9.17, 15) is 13.2 Å². The summed E-state index contributed by atoms with van der Waals surface area (Å²) in [6.45, 7) is 0. The predicted octanol–water partition coefficient (Wildman–Crippen LogP) is 0.394. The minimum absolute atomic E-state index is 0.0189. The Hall–Kier alpha value is -1.44. The van der Waals surface area contributed by atoms with E-state index in [1.807, 2.05) is 0 Å². The molecule has 2 N–H and O–H groups in total. The summed E-state index contributed by atoms with van der Waals surface area (Å²) >= 11 is 0. The van der Waals surface area contributed by atoms with Gasteiger partial charge in [-0.3, -0.25) is 5.21 Å². The van der Waals surface area contributed by atoms with E-state index in [0.717, 1.165) is 31.3 Å². The zero-order valence-electron chi connectivity index (χ0n) is 7.78. The van der Waals surface area contributed by atoms with Gasteiger partial charge in [0.2, 0.25) is 0 Å². The zero-order chi connectivity index (χ0) is 11.6. The van der Waals surface area contributed by atoms with E-state index in [-0.39, 0.29) is 14.9 Å². The zero-order valence-corrected chi connectivity index (χ0v) is 8.60. The van der Waals surface area contributed by atoms with Crippen LogP contribution in [0.2, 0.25) is 0 Å². The van der Waals surface area contributed by atoms with Crippen LogP contribution >= 0.6 is 0 Å². The third-order valence-corrected chi connectivity index (χ3v) is 3.31. The normalized spacial score (nSPS) is 11.7. The average molecular weight is 231 g/mol. The smallest absolute Gasteiger partial charge is 0.335 e. The quantitative estimate of drug-likeness (QED) is 0.734. The van der Waals surface area contributed by atoms with Crippen LogP contribution in [0.1, 0.15) is 10.4 Å². The summed E-state index contributed by atoms with van der Waals surface area (Å²) in [5, 5.41) is 17.4. The number of benzene rings is 1. The van der Waals surface area contributed by atoms with Gasteiger partial charge < -0.3 is 5.11 Å². The number of carboxylic acids is 1. The molecule has 0 amide bonds. The van der Waals surface area contributed by atoms with Crippen molar-refractivity contribution in [2.24, 2.45) is 0 Å². The maximum atomic E-state index is 11.3. The molecule has 15 heavy (non-hydrogen) atoms. The van der Waals surface area contributed by atoms with Crippen molar-refractivity contribution in [1.82, 2.24) is 4.47 Å². The largest absolute Gasteiger partial charge is 0.478 e. The summed E-state index contributed by atoms with van der Waals surface area (Å²) in [4.78, 5) is 10.3. The Morgan fingerprint density at radius 1 is 1.27 bits per heavy atom. The van der Waals surface area contributed by atoms with E-state index in [1.165, 1.54) is 0 Å². The molecule has 0 spiro atoms. The Balaban J connectivity index is 3.15. The van der Waals surface area contributed by atoms with Gasteiger partial charge in [0.1, 0.15) is 0 Å². The van der Waals surface area contributed by atoms with E-state index < -0.39 is 16.0 Å². The molecule has 1 aromatic rings. The fraction of sp³-hybridized carbons (Fsp3) is 0.125. The Kier molecular flexibility index (Phi) is 3.08. The SMILES string of the molecule is CN(O)S(=O)(=O)c1ccc(C(=O)O)cc1. The van der Waals surface area contributed by atoms with Gasteiger partial charge in [0, 0.05) is 7.05 Å². The molecular formula is C8H9NO5S. The fourth-order valence-electron chi connectivity index (χ4n) is 0.922. The summed E-state index contributed by atoms with van der Waals surface area (Å²) in [7, 11) is -2.95. The Morgan fingerprint density at radius 3 is 2.07 bits per heavy atom. The topological polar surface area (TPSA) is 94.9 Å². The van der Waals surface area contributed by atoms with Crippen LogP contribution in [0.5, 0.6) is 0 Å². The first kappa shape index (κ1) is 11.6. The highest BCUT2D eigenvalue weighted by atomic mass is 32.2. The summed E-state index contributed by atoms with van der Waals surface area (Å²) in [6.07, 6.45) is 0. The molecule has 6 nitrogen and oxygen atoms in total. The van der Waals surface area contributed by atoms with Crippen molar-refractivity contribution < 1.29 is 23.5 Å². The van der Waals surface area contributed by atoms with Crippen LogP contribution in [-0.2, 0) is 10.0 Å². The Bertz CT molecular complexity index is 462. The highest BCUT2D eigenvalue weighted by molar-refractivity contribution is 7.89. The van der Waals surface area contributed by atoms with Crippen molar-refractivity contribution >= 4 is 16.0 Å². The van der Waals surface area contributed by atoms with Crippen LogP contribution in [0.4, 0.5) is 0 Å². The van der Waals surface area contributed by atoms with Crippen molar-refractivity contribution in [3.8, 4) is 0 Å². The lowest BCUT2D eigenvalue weighted by Crippen LogP contribution is -2.22. The lowest BCUT2D eigenvalue weighted by atomic mass is 10.2. The van der Waals surface area contributed by atoms with E-state index >= 15 is 0 Å². The van der Waals surface area contributed by atoms with Gasteiger partial charge in [-0.1, -0.05) is 4.47 Å². The van der Waals surface area contributed by atoms with E-state index in [4.69, 9.17) is 10.3 Å². The molecule has 1 aromatic carbocycles. The van der Waals surface area contributed by atoms with Gasteiger partial charge in [-0.15, -0.1) is 0 Å². The number of rotatable bonds is 3. The molecule has 0 heterocycles. The number of carbonyl (C=O) groups is 1. The van der Waals surface area contributed by atoms with Crippen molar-refractivity contribution in [3.05, 3.63) is 29.8 Å². The second-order valence-corrected chi connectivity index (χ2v) is 4.72. The molecule has 0 bridgehead atoms. The summed E-state index contributed by atoms with van der Waals surface area (Å²) < 4.78 is 22.8. The van der Waals surface area contributed by atoms with Crippen LogP contribution in [0, 0.1) is 0 Å². The highest BCUT2D eigenvalue weighted by Crippen LogP contribution is 2.13. The molecule has 0 aliphatic carbocycles. The molecule has 7 heteroatoms. The predicted molar refractivity (Wildman–Crippen MR) is 50.1 cm³/mol. The number of sulfonamides is 1. The van der Waals surface area contributed by atoms with Gasteiger partial charge in [0.25, 0.3) is 10.0 Å². The molecular weight excluding hydrogens is 222 g/mol. The van der Waals surface area contributed by atoms with E-state index in [1.54, 1.807) is 0 Å². The average Bonchev–Trinajstić information content (AvgIpc) is 2.17. The Labute approximate surface area is 86.4 Å². The van der Waals surface area contributed by atoms with Crippen molar-refractivity contribution in [2.45, 2.75) is 4.90 Å². The van der Waals surface area contributed by atoms with Crippen molar-refractivity contribution in [2.75, 3.05) is 7.05 Å².